The van der Waals surface area contributed by atoms with Gasteiger partial charge in [0, 0.05) is 13.7 Å². The highest BCUT2D eigenvalue weighted by molar-refractivity contribution is 5.70. The van der Waals surface area contributed by atoms with Crippen LogP contribution in [0.4, 0.5) is 0 Å². The van der Waals surface area contributed by atoms with Crippen LogP contribution in [0.3, 0.4) is 0 Å². The molecule has 3 heteroatoms. The van der Waals surface area contributed by atoms with E-state index < -0.39 is 5.97 Å². The molecule has 12 heavy (non-hydrogen) atoms. The largest absolute Gasteiger partial charge is 0.481 e. The molecule has 0 heterocycles. The predicted molar refractivity (Wildman–Crippen MR) is 47.1 cm³/mol. The van der Waals surface area contributed by atoms with Crippen LogP contribution in [0, 0.1) is 11.8 Å². The van der Waals surface area contributed by atoms with Crippen molar-refractivity contribution in [3.63, 3.8) is 0 Å². The number of hydrogen-bond acceptors (Lipinski definition) is 2. The number of aliphatic carboxylic acids is 1. The van der Waals surface area contributed by atoms with Gasteiger partial charge in [-0.3, -0.25) is 4.79 Å². The van der Waals surface area contributed by atoms with E-state index in [1.807, 2.05) is 13.8 Å². The predicted octanol–water partition coefficient (Wildman–Crippen LogP) is 1.77. The first-order chi connectivity index (χ1) is 5.63. The molecule has 0 aromatic carbocycles. The first kappa shape index (κ1) is 11.4. The topological polar surface area (TPSA) is 46.5 Å². The summed E-state index contributed by atoms with van der Waals surface area (Å²) < 4.78 is 4.92. The maximum absolute atomic E-state index is 10.8. The molecule has 0 saturated carbocycles. The van der Waals surface area contributed by atoms with Gasteiger partial charge >= 0.3 is 5.97 Å². The molecule has 0 bridgehead atoms. The molecule has 0 saturated heterocycles. The quantitative estimate of drug-likeness (QED) is 0.667. The molecule has 0 aromatic heterocycles. The summed E-state index contributed by atoms with van der Waals surface area (Å²) in [6.07, 6.45) is 1.64. The highest BCUT2D eigenvalue weighted by atomic mass is 16.5. The molecule has 0 amide bonds. The molecule has 0 radical (unpaired) electrons. The lowest BCUT2D eigenvalue weighted by Crippen LogP contribution is -2.24. The lowest BCUT2D eigenvalue weighted by atomic mass is 9.91. The Labute approximate surface area is 73.7 Å². The van der Waals surface area contributed by atoms with E-state index in [0.29, 0.717) is 6.61 Å². The summed E-state index contributed by atoms with van der Waals surface area (Å²) in [5, 5.41) is 8.85. The van der Waals surface area contributed by atoms with Crippen molar-refractivity contribution in [3.8, 4) is 0 Å². The fourth-order valence-corrected chi connectivity index (χ4v) is 1.34. The van der Waals surface area contributed by atoms with Crippen LogP contribution in [-0.4, -0.2) is 24.8 Å². The summed E-state index contributed by atoms with van der Waals surface area (Å²) in [4.78, 5) is 10.8. The van der Waals surface area contributed by atoms with Crippen molar-refractivity contribution in [2.75, 3.05) is 13.7 Å². The average molecular weight is 174 g/mol. The number of carbonyl (C=O) groups is 1. The number of methoxy groups -OCH3 is 1. The van der Waals surface area contributed by atoms with Gasteiger partial charge in [-0.2, -0.15) is 0 Å². The molecule has 0 aliphatic carbocycles. The van der Waals surface area contributed by atoms with Gasteiger partial charge in [-0.1, -0.05) is 20.3 Å². The van der Waals surface area contributed by atoms with Crippen molar-refractivity contribution in [3.05, 3.63) is 0 Å². The Kier molecular flexibility index (Phi) is 5.72. The zero-order valence-corrected chi connectivity index (χ0v) is 8.04. The maximum Gasteiger partial charge on any atom is 0.306 e. The van der Waals surface area contributed by atoms with Crippen LogP contribution in [0.5, 0.6) is 0 Å². The van der Waals surface area contributed by atoms with Gasteiger partial charge < -0.3 is 9.84 Å². The normalized spacial score (nSPS) is 15.6. The smallest absolute Gasteiger partial charge is 0.306 e. The minimum Gasteiger partial charge on any atom is -0.481 e. The van der Waals surface area contributed by atoms with Gasteiger partial charge in [-0.25, -0.2) is 0 Å². The fraction of sp³-hybridized carbons (Fsp3) is 0.889. The minimum absolute atomic E-state index is 0.104. The first-order valence-electron chi connectivity index (χ1n) is 4.35. The van der Waals surface area contributed by atoms with E-state index in [-0.39, 0.29) is 11.8 Å². The molecular formula is C9H18O3. The van der Waals surface area contributed by atoms with Gasteiger partial charge in [0.15, 0.2) is 0 Å². The fourth-order valence-electron chi connectivity index (χ4n) is 1.34. The van der Waals surface area contributed by atoms with E-state index in [4.69, 9.17) is 9.84 Å². The van der Waals surface area contributed by atoms with E-state index in [0.717, 1.165) is 12.8 Å². The maximum atomic E-state index is 10.8. The standard InChI is InChI=1S/C9H18O3/c1-4-5-8(9(10)11)7(2)6-12-3/h7-8H,4-6H2,1-3H3,(H,10,11). The van der Waals surface area contributed by atoms with Crippen molar-refractivity contribution in [1.82, 2.24) is 0 Å². The molecule has 2 unspecified atom stereocenters. The Morgan fingerprint density at radius 3 is 2.50 bits per heavy atom. The molecule has 72 valence electrons. The van der Waals surface area contributed by atoms with Gasteiger partial charge in [-0.05, 0) is 12.3 Å². The van der Waals surface area contributed by atoms with E-state index >= 15 is 0 Å². The third-order valence-electron chi connectivity index (χ3n) is 2.03. The summed E-state index contributed by atoms with van der Waals surface area (Å²) in [6.45, 7) is 4.43. The van der Waals surface area contributed by atoms with Crippen LogP contribution < -0.4 is 0 Å². The zero-order valence-electron chi connectivity index (χ0n) is 8.04. The van der Waals surface area contributed by atoms with E-state index in [1.54, 1.807) is 7.11 Å². The summed E-state index contributed by atoms with van der Waals surface area (Å²) in [5.41, 5.74) is 0. The summed E-state index contributed by atoms with van der Waals surface area (Å²) in [6, 6.07) is 0. The van der Waals surface area contributed by atoms with Crippen LogP contribution in [-0.2, 0) is 9.53 Å². The molecular weight excluding hydrogens is 156 g/mol. The van der Waals surface area contributed by atoms with Crippen molar-refractivity contribution in [1.29, 1.82) is 0 Å². The van der Waals surface area contributed by atoms with Crippen molar-refractivity contribution >= 4 is 5.97 Å². The number of carboxylic acid groups (broad SMARTS) is 1. The SMILES string of the molecule is CCCC(C(=O)O)C(C)COC. The second-order valence-corrected chi connectivity index (χ2v) is 3.17. The average Bonchev–Trinajstić information content (AvgIpc) is 1.99. The van der Waals surface area contributed by atoms with E-state index in [2.05, 4.69) is 0 Å². The summed E-state index contributed by atoms with van der Waals surface area (Å²) in [7, 11) is 1.60. The number of rotatable bonds is 6. The van der Waals surface area contributed by atoms with Gasteiger partial charge in [0.2, 0.25) is 0 Å². The zero-order chi connectivity index (χ0) is 9.56. The van der Waals surface area contributed by atoms with Gasteiger partial charge in [0.1, 0.15) is 0 Å². The molecule has 0 fully saturated rings. The lowest BCUT2D eigenvalue weighted by Gasteiger charge is -2.18. The molecule has 0 aromatic rings. The Hall–Kier alpha value is -0.570. The van der Waals surface area contributed by atoms with Crippen molar-refractivity contribution < 1.29 is 14.6 Å². The first-order valence-corrected chi connectivity index (χ1v) is 4.35. The Morgan fingerprint density at radius 1 is 1.58 bits per heavy atom. The van der Waals surface area contributed by atoms with E-state index in [9.17, 15) is 4.79 Å². The molecule has 0 aliphatic rings. The van der Waals surface area contributed by atoms with Crippen LogP contribution in [0.25, 0.3) is 0 Å². The Balaban J connectivity index is 3.99. The minimum atomic E-state index is -0.707. The Bertz CT molecular complexity index is 134. The third-order valence-corrected chi connectivity index (χ3v) is 2.03. The van der Waals surface area contributed by atoms with Crippen LogP contribution in [0.1, 0.15) is 26.7 Å². The molecule has 2 atom stereocenters. The van der Waals surface area contributed by atoms with Gasteiger partial charge in [0.05, 0.1) is 5.92 Å². The monoisotopic (exact) mass is 174 g/mol. The van der Waals surface area contributed by atoms with E-state index in [1.165, 1.54) is 0 Å². The highest BCUT2D eigenvalue weighted by Gasteiger charge is 2.23. The number of ether oxygens (including phenoxy) is 1. The number of carboxylic acids is 1. The van der Waals surface area contributed by atoms with Crippen molar-refractivity contribution in [2.24, 2.45) is 11.8 Å². The summed E-state index contributed by atoms with van der Waals surface area (Å²) in [5.74, 6) is -0.858. The van der Waals surface area contributed by atoms with Crippen LogP contribution in [0.15, 0.2) is 0 Å². The molecule has 0 spiro atoms. The molecule has 0 rings (SSSR count). The second-order valence-electron chi connectivity index (χ2n) is 3.17. The number of hydrogen-bond donors (Lipinski definition) is 1. The lowest BCUT2D eigenvalue weighted by molar-refractivity contribution is -0.144. The molecule has 0 aliphatic heterocycles. The molecule has 3 nitrogen and oxygen atoms in total. The highest BCUT2D eigenvalue weighted by Crippen LogP contribution is 2.17. The van der Waals surface area contributed by atoms with Crippen LogP contribution in [0.2, 0.25) is 0 Å². The van der Waals surface area contributed by atoms with Crippen molar-refractivity contribution in [2.45, 2.75) is 26.7 Å². The molecule has 1 N–H and O–H groups in total. The van der Waals surface area contributed by atoms with Gasteiger partial charge in [0.25, 0.3) is 0 Å². The van der Waals surface area contributed by atoms with Gasteiger partial charge in [-0.15, -0.1) is 0 Å². The summed E-state index contributed by atoms with van der Waals surface area (Å²) >= 11 is 0. The second kappa shape index (κ2) is 6.00. The van der Waals surface area contributed by atoms with Crippen LogP contribution >= 0.6 is 0 Å². The third kappa shape index (κ3) is 3.72. The Morgan fingerprint density at radius 2 is 2.17 bits per heavy atom.